The molecule has 0 aromatic rings. The molecule has 0 atom stereocenters. The van der Waals surface area contributed by atoms with Crippen LogP contribution in [0.5, 0.6) is 0 Å². The van der Waals surface area contributed by atoms with E-state index in [0.29, 0.717) is 0 Å². The van der Waals surface area contributed by atoms with E-state index in [-0.39, 0.29) is 12.9 Å². The minimum absolute atomic E-state index is 0.0209. The molecule has 0 saturated heterocycles. The highest BCUT2D eigenvalue weighted by Gasteiger charge is 2.09. The molecule has 3 nitrogen and oxygen atoms in total. The Morgan fingerprint density at radius 2 is 0.775 bits per heavy atom. The van der Waals surface area contributed by atoms with Crippen LogP contribution >= 0.6 is 0 Å². The number of ether oxygens (including phenoxy) is 2. The summed E-state index contributed by atoms with van der Waals surface area (Å²) in [6.45, 7) is 6.60. The van der Waals surface area contributed by atoms with E-state index in [9.17, 15) is 0 Å². The van der Waals surface area contributed by atoms with Crippen molar-refractivity contribution in [1.82, 2.24) is 0 Å². The lowest BCUT2D eigenvalue weighted by molar-refractivity contribution is -0.148. The third-order valence-electron chi connectivity index (χ3n) is 8.13. The smallest absolute Gasteiger partial charge is 0.157 e. The van der Waals surface area contributed by atoms with E-state index in [2.05, 4.69) is 26.0 Å². The Morgan fingerprint density at radius 1 is 0.425 bits per heavy atom. The summed E-state index contributed by atoms with van der Waals surface area (Å²) in [5.41, 5.74) is 0. The zero-order valence-corrected chi connectivity index (χ0v) is 27.6. The highest BCUT2D eigenvalue weighted by molar-refractivity contribution is 4.80. The maximum atomic E-state index is 8.78. The van der Waals surface area contributed by atoms with Gasteiger partial charge in [0.25, 0.3) is 0 Å². The van der Waals surface area contributed by atoms with E-state index in [1.165, 1.54) is 173 Å². The predicted molar refractivity (Wildman–Crippen MR) is 177 cm³/mol. The molecule has 1 N–H and O–H groups in total. The fourth-order valence-corrected chi connectivity index (χ4v) is 5.41. The first-order valence-corrected chi connectivity index (χ1v) is 18.3. The third kappa shape index (κ3) is 33.8. The molecule has 0 fully saturated rings. The average Bonchev–Trinajstić information content (AvgIpc) is 2.97. The van der Waals surface area contributed by atoms with Gasteiger partial charge in [-0.1, -0.05) is 167 Å². The van der Waals surface area contributed by atoms with Gasteiger partial charge < -0.3 is 14.6 Å². The minimum atomic E-state index is 0.0209. The first kappa shape index (κ1) is 39.6. The molecular formula is C37H74O3. The number of aliphatic hydroxyl groups is 1. The Balaban J connectivity index is 3.84. The van der Waals surface area contributed by atoms with Gasteiger partial charge in [-0.05, 0) is 44.9 Å². The summed E-state index contributed by atoms with van der Waals surface area (Å²) in [7, 11) is 0. The molecule has 0 rings (SSSR count). The molecule has 0 heterocycles. The summed E-state index contributed by atoms with van der Waals surface area (Å²) in [6.07, 6.45) is 42.5. The lowest BCUT2D eigenvalue weighted by Crippen LogP contribution is -2.19. The average molecular weight is 567 g/mol. The van der Waals surface area contributed by atoms with Crippen LogP contribution in [0.1, 0.15) is 200 Å². The number of aliphatic hydroxyl groups excluding tert-OH is 1. The quantitative estimate of drug-likeness (QED) is 0.0471. The van der Waals surface area contributed by atoms with Crippen molar-refractivity contribution in [3.8, 4) is 0 Å². The van der Waals surface area contributed by atoms with Crippen LogP contribution in [-0.2, 0) is 9.47 Å². The van der Waals surface area contributed by atoms with Crippen molar-refractivity contribution in [2.24, 2.45) is 0 Å². The standard InChI is InChI=1S/C37H74O3/c1-3-5-7-9-11-23-27-31-35-39-37(40-36-32-28-24-12-10-8-6-4-2)33-29-25-21-19-17-15-13-14-16-18-20-22-26-30-34-38/h22,26,37-38H,3-21,23-25,27-36H2,1-2H3/b26-22-. The predicted octanol–water partition coefficient (Wildman–Crippen LogP) is 12.2. The van der Waals surface area contributed by atoms with Crippen molar-refractivity contribution in [1.29, 1.82) is 0 Å². The maximum Gasteiger partial charge on any atom is 0.157 e. The Bertz CT molecular complexity index is 442. The zero-order chi connectivity index (χ0) is 29.0. The second-order valence-corrected chi connectivity index (χ2v) is 12.2. The summed E-state index contributed by atoms with van der Waals surface area (Å²) < 4.78 is 12.5. The molecule has 0 aliphatic carbocycles. The first-order valence-electron chi connectivity index (χ1n) is 18.3. The van der Waals surface area contributed by atoms with Gasteiger partial charge in [0.15, 0.2) is 6.29 Å². The lowest BCUT2D eigenvalue weighted by Gasteiger charge is -2.19. The largest absolute Gasteiger partial charge is 0.396 e. The van der Waals surface area contributed by atoms with Gasteiger partial charge in [-0.25, -0.2) is 0 Å². The van der Waals surface area contributed by atoms with Crippen molar-refractivity contribution in [3.05, 3.63) is 12.2 Å². The van der Waals surface area contributed by atoms with Gasteiger partial charge in [0.2, 0.25) is 0 Å². The lowest BCUT2D eigenvalue weighted by atomic mass is 10.0. The summed E-state index contributed by atoms with van der Waals surface area (Å²) in [5.74, 6) is 0. The fraction of sp³-hybridized carbons (Fsp3) is 0.946. The third-order valence-corrected chi connectivity index (χ3v) is 8.13. The van der Waals surface area contributed by atoms with Gasteiger partial charge in [-0.2, -0.15) is 0 Å². The molecule has 0 amide bonds. The summed E-state index contributed by atoms with van der Waals surface area (Å²) in [6, 6.07) is 0. The second kappa shape index (κ2) is 36.6. The molecule has 0 aromatic carbocycles. The molecular weight excluding hydrogens is 492 g/mol. The van der Waals surface area contributed by atoms with Gasteiger partial charge in [-0.3, -0.25) is 0 Å². The van der Waals surface area contributed by atoms with Crippen LogP contribution in [0.15, 0.2) is 12.2 Å². The molecule has 0 saturated carbocycles. The van der Waals surface area contributed by atoms with E-state index in [1.807, 2.05) is 0 Å². The van der Waals surface area contributed by atoms with Crippen LogP contribution < -0.4 is 0 Å². The minimum Gasteiger partial charge on any atom is -0.396 e. The molecule has 0 aliphatic rings. The van der Waals surface area contributed by atoms with E-state index in [0.717, 1.165) is 26.1 Å². The van der Waals surface area contributed by atoms with Crippen LogP contribution in [0.3, 0.4) is 0 Å². The van der Waals surface area contributed by atoms with Crippen LogP contribution in [0.2, 0.25) is 0 Å². The monoisotopic (exact) mass is 567 g/mol. The summed E-state index contributed by atoms with van der Waals surface area (Å²) in [5, 5.41) is 8.78. The normalized spacial score (nSPS) is 11.9. The van der Waals surface area contributed by atoms with E-state index >= 15 is 0 Å². The Morgan fingerprint density at radius 3 is 1.20 bits per heavy atom. The van der Waals surface area contributed by atoms with Gasteiger partial charge in [-0.15, -0.1) is 0 Å². The Labute approximate surface area is 252 Å². The van der Waals surface area contributed by atoms with Gasteiger partial charge >= 0.3 is 0 Å². The van der Waals surface area contributed by atoms with Crippen molar-refractivity contribution in [2.45, 2.75) is 206 Å². The summed E-state index contributed by atoms with van der Waals surface area (Å²) >= 11 is 0. The van der Waals surface area contributed by atoms with E-state index in [4.69, 9.17) is 14.6 Å². The molecule has 0 aliphatic heterocycles. The highest BCUT2D eigenvalue weighted by atomic mass is 16.7. The number of rotatable bonds is 35. The van der Waals surface area contributed by atoms with E-state index < -0.39 is 0 Å². The molecule has 0 bridgehead atoms. The van der Waals surface area contributed by atoms with Gasteiger partial charge in [0.1, 0.15) is 0 Å². The number of allylic oxidation sites excluding steroid dienone is 1. The fourth-order valence-electron chi connectivity index (χ4n) is 5.41. The van der Waals surface area contributed by atoms with Crippen LogP contribution in [-0.4, -0.2) is 31.2 Å². The Kier molecular flexibility index (Phi) is 36.3. The van der Waals surface area contributed by atoms with Gasteiger partial charge in [0.05, 0.1) is 0 Å². The number of hydrogen-bond donors (Lipinski definition) is 1. The SMILES string of the molecule is CCCCCCCCCCOC(CCCCCCCCCCCC/C=C\CCO)OCCCCCCCCCC. The molecule has 40 heavy (non-hydrogen) atoms. The maximum absolute atomic E-state index is 8.78. The van der Waals surface area contributed by atoms with Crippen LogP contribution in [0.4, 0.5) is 0 Å². The van der Waals surface area contributed by atoms with Crippen molar-refractivity contribution >= 4 is 0 Å². The first-order chi connectivity index (χ1) is 19.8. The molecule has 0 unspecified atom stereocenters. The van der Waals surface area contributed by atoms with Gasteiger partial charge in [0, 0.05) is 19.8 Å². The Hall–Kier alpha value is -0.380. The highest BCUT2D eigenvalue weighted by Crippen LogP contribution is 2.16. The van der Waals surface area contributed by atoms with Crippen LogP contribution in [0.25, 0.3) is 0 Å². The molecule has 3 heteroatoms. The second-order valence-electron chi connectivity index (χ2n) is 12.2. The molecule has 0 spiro atoms. The van der Waals surface area contributed by atoms with Crippen molar-refractivity contribution < 1.29 is 14.6 Å². The van der Waals surface area contributed by atoms with E-state index in [1.54, 1.807) is 0 Å². The molecule has 0 radical (unpaired) electrons. The summed E-state index contributed by atoms with van der Waals surface area (Å²) in [4.78, 5) is 0. The van der Waals surface area contributed by atoms with Crippen molar-refractivity contribution in [3.63, 3.8) is 0 Å². The topological polar surface area (TPSA) is 38.7 Å². The van der Waals surface area contributed by atoms with Crippen LogP contribution in [0, 0.1) is 0 Å². The number of hydrogen-bond acceptors (Lipinski definition) is 3. The molecule has 240 valence electrons. The van der Waals surface area contributed by atoms with Crippen molar-refractivity contribution in [2.75, 3.05) is 19.8 Å². The molecule has 0 aromatic heterocycles. The zero-order valence-electron chi connectivity index (χ0n) is 27.6. The number of unbranched alkanes of at least 4 members (excludes halogenated alkanes) is 24.